The van der Waals surface area contributed by atoms with E-state index >= 15 is 0 Å². The number of rotatable bonds is 62. The lowest BCUT2D eigenvalue weighted by Crippen LogP contribution is -2.15. The summed E-state index contributed by atoms with van der Waals surface area (Å²) in [5.74, 6) is -0.277. The van der Waals surface area contributed by atoms with E-state index in [9.17, 15) is 14.4 Å². The first kappa shape index (κ1) is 73.0. The molecule has 10 heteroatoms. The van der Waals surface area contributed by atoms with E-state index in [-0.39, 0.29) is 31.6 Å². The zero-order valence-electron chi connectivity index (χ0n) is 51.6. The highest BCUT2D eigenvalue weighted by molar-refractivity contribution is 5.90. The van der Waals surface area contributed by atoms with Crippen LogP contribution >= 0.6 is 0 Å². The first-order valence-electron chi connectivity index (χ1n) is 33.6. The zero-order chi connectivity index (χ0) is 56.3. The van der Waals surface area contributed by atoms with Gasteiger partial charge in [-0.1, -0.05) is 310 Å². The fourth-order valence-electron chi connectivity index (χ4n) is 10.3. The molecule has 10 nitrogen and oxygen atoms in total. The highest BCUT2D eigenvalue weighted by Gasteiger charge is 2.21. The quantitative estimate of drug-likeness (QED) is 0.0270. The van der Waals surface area contributed by atoms with Crippen LogP contribution in [0.4, 0.5) is 0 Å². The molecule has 456 valence electrons. The Morgan fingerprint density at radius 3 is 0.885 bits per heavy atom. The van der Waals surface area contributed by atoms with Crippen LogP contribution in [0.3, 0.4) is 0 Å². The van der Waals surface area contributed by atoms with Gasteiger partial charge in [-0.05, 0) is 31.4 Å². The SMILES string of the molecule is CCCCCCCCCCCCCCCCCCOc1cc(C(=O)OOCCOC(=O)CCC(=O)OC)cc(OCCCCCCCCCCCCCCCCCC)c1OCCCCCCCCCCCCCCCCCC. The van der Waals surface area contributed by atoms with Gasteiger partial charge in [0, 0.05) is 0 Å². The molecular formula is C68H124O10. The van der Waals surface area contributed by atoms with Crippen molar-refractivity contribution >= 4 is 17.9 Å². The van der Waals surface area contributed by atoms with Gasteiger partial charge < -0.3 is 23.7 Å². The molecule has 78 heavy (non-hydrogen) atoms. The van der Waals surface area contributed by atoms with Crippen molar-refractivity contribution < 1.29 is 47.8 Å². The topological polar surface area (TPSA) is 116 Å². The number of carbonyl (C=O) groups excluding carboxylic acids is 3. The molecule has 0 bridgehead atoms. The van der Waals surface area contributed by atoms with Gasteiger partial charge in [0.2, 0.25) is 5.75 Å². The number of carbonyl (C=O) groups is 3. The van der Waals surface area contributed by atoms with Crippen molar-refractivity contribution in [1.29, 1.82) is 0 Å². The molecule has 0 spiro atoms. The standard InChI is InChI=1S/C68H124O10/c1-5-8-11-14-17-20-23-26-29-32-35-38-41-44-47-50-55-73-63-60-62(68(71)78-77-59-58-75-66(70)54-53-65(69)72-4)61-64(74-56-51-48-45-42-39-36-33-30-27-24-21-18-15-12-9-6-2)67(63)76-57-52-49-46-43-40-37-34-31-28-25-22-19-16-13-10-7-3/h60-61H,5-59H2,1-4H3. The van der Waals surface area contributed by atoms with Crippen LogP contribution in [0.5, 0.6) is 17.2 Å². The Bertz CT molecular complexity index is 1410. The lowest BCUT2D eigenvalue weighted by atomic mass is 10.0. The van der Waals surface area contributed by atoms with Gasteiger partial charge in [-0.2, -0.15) is 4.89 Å². The first-order chi connectivity index (χ1) is 38.5. The van der Waals surface area contributed by atoms with Crippen molar-refractivity contribution in [3.63, 3.8) is 0 Å². The highest BCUT2D eigenvalue weighted by Crippen LogP contribution is 2.40. The van der Waals surface area contributed by atoms with Gasteiger partial charge in [0.1, 0.15) is 13.2 Å². The second-order valence-electron chi connectivity index (χ2n) is 22.7. The summed E-state index contributed by atoms with van der Waals surface area (Å²) >= 11 is 0. The van der Waals surface area contributed by atoms with Crippen molar-refractivity contribution in [2.24, 2.45) is 0 Å². The average Bonchev–Trinajstić information content (AvgIpc) is 3.46. The van der Waals surface area contributed by atoms with E-state index in [2.05, 4.69) is 25.5 Å². The third-order valence-electron chi connectivity index (χ3n) is 15.3. The first-order valence-corrected chi connectivity index (χ1v) is 33.6. The van der Waals surface area contributed by atoms with E-state index in [1.165, 1.54) is 277 Å². The molecule has 0 amide bonds. The summed E-state index contributed by atoms with van der Waals surface area (Å²) in [5, 5.41) is 0. The molecule has 0 unspecified atom stereocenters. The molecule has 1 aromatic carbocycles. The Kier molecular flexibility index (Phi) is 54.9. The summed E-state index contributed by atoms with van der Waals surface area (Å²) < 4.78 is 29.2. The van der Waals surface area contributed by atoms with E-state index in [0.29, 0.717) is 37.1 Å². The lowest BCUT2D eigenvalue weighted by molar-refractivity contribution is -0.246. The third-order valence-corrected chi connectivity index (χ3v) is 15.3. The van der Waals surface area contributed by atoms with Gasteiger partial charge in [-0.15, -0.1) is 0 Å². The predicted molar refractivity (Wildman–Crippen MR) is 325 cm³/mol. The van der Waals surface area contributed by atoms with Crippen LogP contribution in [-0.4, -0.2) is 58.1 Å². The molecule has 0 atom stereocenters. The molecule has 0 saturated carbocycles. The van der Waals surface area contributed by atoms with E-state index in [4.69, 9.17) is 28.7 Å². The maximum Gasteiger partial charge on any atom is 0.373 e. The molecule has 0 radical (unpaired) electrons. The lowest BCUT2D eigenvalue weighted by Gasteiger charge is -2.18. The normalized spacial score (nSPS) is 11.3. The number of unbranched alkanes of at least 4 members (excludes halogenated alkanes) is 45. The van der Waals surface area contributed by atoms with Crippen LogP contribution < -0.4 is 14.2 Å². The number of hydrogen-bond donors (Lipinski definition) is 0. The second-order valence-corrected chi connectivity index (χ2v) is 22.7. The van der Waals surface area contributed by atoms with Crippen molar-refractivity contribution in [3.05, 3.63) is 17.7 Å². The summed E-state index contributed by atoms with van der Waals surface area (Å²) in [4.78, 5) is 47.3. The highest BCUT2D eigenvalue weighted by atomic mass is 17.2. The Morgan fingerprint density at radius 2 is 0.590 bits per heavy atom. The molecule has 1 rings (SSSR count). The maximum atomic E-state index is 13.5. The van der Waals surface area contributed by atoms with Crippen LogP contribution in [0.25, 0.3) is 0 Å². The molecule has 0 aliphatic rings. The van der Waals surface area contributed by atoms with E-state index in [1.54, 1.807) is 12.1 Å². The van der Waals surface area contributed by atoms with Crippen LogP contribution in [0.2, 0.25) is 0 Å². The van der Waals surface area contributed by atoms with Crippen LogP contribution in [0, 0.1) is 0 Å². The molecule has 0 aliphatic carbocycles. The minimum Gasteiger partial charge on any atom is -0.490 e. The molecule has 0 aromatic heterocycles. The number of esters is 2. The smallest absolute Gasteiger partial charge is 0.373 e. The Hall–Kier alpha value is -3.01. The third kappa shape index (κ3) is 47.8. The van der Waals surface area contributed by atoms with E-state index in [0.717, 1.165) is 38.5 Å². The minimum absolute atomic E-state index is 0.0713. The summed E-state index contributed by atoms with van der Waals surface area (Å²) in [5.41, 5.74) is 0.226. The Labute approximate surface area is 480 Å². The molecule has 0 N–H and O–H groups in total. The molecule has 0 fully saturated rings. The number of hydrogen-bond acceptors (Lipinski definition) is 10. The summed E-state index contributed by atoms with van der Waals surface area (Å²) in [6, 6.07) is 3.35. The molecular weight excluding hydrogens is 977 g/mol. The molecule has 1 aromatic rings. The summed E-state index contributed by atoms with van der Waals surface area (Å²) in [7, 11) is 1.27. The largest absolute Gasteiger partial charge is 0.490 e. The Balaban J connectivity index is 2.82. The second kappa shape index (κ2) is 58.6. The van der Waals surface area contributed by atoms with Crippen molar-refractivity contribution in [3.8, 4) is 17.2 Å². The van der Waals surface area contributed by atoms with Crippen molar-refractivity contribution in [2.45, 2.75) is 342 Å². The van der Waals surface area contributed by atoms with Gasteiger partial charge in [-0.25, -0.2) is 4.79 Å². The van der Waals surface area contributed by atoms with Gasteiger partial charge in [0.15, 0.2) is 11.5 Å². The molecule has 0 aliphatic heterocycles. The van der Waals surface area contributed by atoms with Crippen molar-refractivity contribution in [2.75, 3.05) is 40.1 Å². The summed E-state index contributed by atoms with van der Waals surface area (Å²) in [6.45, 7) is 8.09. The van der Waals surface area contributed by atoms with Crippen LogP contribution in [0.1, 0.15) is 352 Å². The van der Waals surface area contributed by atoms with Gasteiger partial charge in [0.25, 0.3) is 0 Å². The summed E-state index contributed by atoms with van der Waals surface area (Å²) in [6.07, 6.45) is 62.5. The van der Waals surface area contributed by atoms with Crippen LogP contribution in [-0.2, 0) is 28.8 Å². The van der Waals surface area contributed by atoms with Crippen LogP contribution in [0.15, 0.2) is 12.1 Å². The fourth-order valence-corrected chi connectivity index (χ4v) is 10.3. The predicted octanol–water partition coefficient (Wildman–Crippen LogP) is 21.2. The number of ether oxygens (including phenoxy) is 5. The number of methoxy groups -OCH3 is 1. The maximum absolute atomic E-state index is 13.5. The molecule has 0 heterocycles. The zero-order valence-corrected chi connectivity index (χ0v) is 51.6. The average molecular weight is 1100 g/mol. The van der Waals surface area contributed by atoms with E-state index < -0.39 is 17.9 Å². The van der Waals surface area contributed by atoms with Crippen molar-refractivity contribution in [1.82, 2.24) is 0 Å². The monoisotopic (exact) mass is 1100 g/mol. The van der Waals surface area contributed by atoms with Gasteiger partial charge >= 0.3 is 17.9 Å². The Morgan fingerprint density at radius 1 is 0.321 bits per heavy atom. The van der Waals surface area contributed by atoms with Gasteiger partial charge in [-0.3, -0.25) is 14.5 Å². The fraction of sp³-hybridized carbons (Fsp3) is 0.868. The minimum atomic E-state index is -0.712. The van der Waals surface area contributed by atoms with E-state index in [1.807, 2.05) is 0 Å². The van der Waals surface area contributed by atoms with Gasteiger partial charge in [0.05, 0.1) is 45.3 Å². The molecule has 0 saturated heterocycles. The number of benzene rings is 1.